The van der Waals surface area contributed by atoms with Crippen LogP contribution in [0.4, 0.5) is 17.1 Å². The van der Waals surface area contributed by atoms with Crippen molar-refractivity contribution in [2.45, 2.75) is 39.2 Å². The minimum Gasteiger partial charge on any atom is -0.466 e. The summed E-state index contributed by atoms with van der Waals surface area (Å²) in [7, 11) is 0. The lowest BCUT2D eigenvalue weighted by molar-refractivity contribution is -0.383. The molecule has 1 aromatic carbocycles. The molecule has 0 fully saturated rings. The first-order chi connectivity index (χ1) is 11.4. The predicted molar refractivity (Wildman–Crippen MR) is 91.1 cm³/mol. The summed E-state index contributed by atoms with van der Waals surface area (Å²) in [6.45, 7) is 3.93. The molecule has 3 N–H and O–H groups in total. The van der Waals surface area contributed by atoms with Crippen molar-refractivity contribution >= 4 is 34.3 Å². The van der Waals surface area contributed by atoms with E-state index in [-0.39, 0.29) is 42.1 Å². The first-order valence-electron chi connectivity index (χ1n) is 7.45. The van der Waals surface area contributed by atoms with E-state index in [1.54, 1.807) is 6.92 Å². The molecular formula is C14H21N3O6S. The topological polar surface area (TPSA) is 131 Å². The van der Waals surface area contributed by atoms with Crippen molar-refractivity contribution < 1.29 is 23.2 Å². The Morgan fingerprint density at radius 3 is 2.71 bits per heavy atom. The van der Waals surface area contributed by atoms with Crippen LogP contribution in [0.5, 0.6) is 0 Å². The number of benzene rings is 1. The fourth-order valence-electron chi connectivity index (χ4n) is 2.18. The van der Waals surface area contributed by atoms with Gasteiger partial charge in [0.15, 0.2) is 0 Å². The number of rotatable bonds is 10. The van der Waals surface area contributed by atoms with E-state index in [0.29, 0.717) is 6.42 Å². The van der Waals surface area contributed by atoms with E-state index >= 15 is 0 Å². The van der Waals surface area contributed by atoms with E-state index < -0.39 is 16.2 Å². The van der Waals surface area contributed by atoms with Crippen molar-refractivity contribution in [3.63, 3.8) is 0 Å². The van der Waals surface area contributed by atoms with Crippen molar-refractivity contribution in [1.82, 2.24) is 0 Å². The van der Waals surface area contributed by atoms with E-state index in [9.17, 15) is 19.1 Å². The lowest BCUT2D eigenvalue weighted by Gasteiger charge is -2.18. The Morgan fingerprint density at radius 2 is 2.17 bits per heavy atom. The molecule has 0 aliphatic carbocycles. The minimum absolute atomic E-state index is 0.0967. The fraction of sp³-hybridized carbons (Fsp3) is 0.500. The zero-order valence-electron chi connectivity index (χ0n) is 13.5. The molecule has 0 saturated carbocycles. The molecule has 2 unspecified atom stereocenters. The third-order valence-corrected chi connectivity index (χ3v) is 3.53. The van der Waals surface area contributed by atoms with E-state index in [2.05, 4.69) is 10.0 Å². The van der Waals surface area contributed by atoms with Gasteiger partial charge in [0.2, 0.25) is 0 Å². The van der Waals surface area contributed by atoms with Crippen molar-refractivity contribution in [3.8, 4) is 0 Å². The van der Waals surface area contributed by atoms with Crippen LogP contribution in [0.2, 0.25) is 0 Å². The molecule has 1 rings (SSSR count). The molecule has 0 spiro atoms. The van der Waals surface area contributed by atoms with E-state index in [1.165, 1.54) is 12.1 Å². The van der Waals surface area contributed by atoms with Gasteiger partial charge in [-0.3, -0.25) is 24.2 Å². The van der Waals surface area contributed by atoms with Gasteiger partial charge in [0.1, 0.15) is 5.69 Å². The summed E-state index contributed by atoms with van der Waals surface area (Å²) in [4.78, 5) is 22.3. The number of esters is 1. The molecule has 10 heteroatoms. The number of nitro benzene ring substituents is 1. The molecule has 0 amide bonds. The van der Waals surface area contributed by atoms with Gasteiger partial charge in [-0.15, -0.1) is 0 Å². The van der Waals surface area contributed by atoms with Gasteiger partial charge in [-0.05, 0) is 25.5 Å². The maximum absolute atomic E-state index is 11.6. The average molecular weight is 359 g/mol. The summed E-state index contributed by atoms with van der Waals surface area (Å²) in [5.41, 5.74) is 0.123. The van der Waals surface area contributed by atoms with Crippen molar-refractivity contribution in [2.24, 2.45) is 0 Å². The van der Waals surface area contributed by atoms with Crippen molar-refractivity contribution in [3.05, 3.63) is 28.3 Å². The quantitative estimate of drug-likeness (QED) is 0.253. The summed E-state index contributed by atoms with van der Waals surface area (Å²) in [6, 6.07) is 3.72. The highest BCUT2D eigenvalue weighted by molar-refractivity contribution is 7.80. The monoisotopic (exact) mass is 359 g/mol. The van der Waals surface area contributed by atoms with E-state index in [4.69, 9.17) is 9.29 Å². The van der Waals surface area contributed by atoms with Gasteiger partial charge in [-0.2, -0.15) is 0 Å². The van der Waals surface area contributed by atoms with E-state index in [0.717, 1.165) is 12.5 Å². The van der Waals surface area contributed by atoms with Gasteiger partial charge in [0.05, 0.1) is 23.6 Å². The highest BCUT2D eigenvalue weighted by Crippen LogP contribution is 2.29. The number of nitrogens with one attached hydrogen (secondary N) is 2. The molecule has 0 bridgehead atoms. The fourth-order valence-corrected chi connectivity index (χ4v) is 2.51. The molecule has 24 heavy (non-hydrogen) atoms. The Bertz CT molecular complexity index is 610. The molecule has 0 aliphatic heterocycles. The smallest absolute Gasteiger partial charge is 0.307 e. The number of carbonyl (C=O) groups excluding carboxylic acids is 1. The lowest BCUT2D eigenvalue weighted by atomic mass is 10.1. The molecule has 9 nitrogen and oxygen atoms in total. The largest absolute Gasteiger partial charge is 0.466 e. The van der Waals surface area contributed by atoms with Crippen LogP contribution in [-0.2, 0) is 20.8 Å². The standard InChI is InChI=1S/C14H21N3O6S/c1-3-5-10(9-14(18)23-4-2)15-12-7-6-11(16-24(21)22)8-13(12)17(19)20/h6-8,10,15-16H,3-5,9H2,1-2H3,(H,21,22). The van der Waals surface area contributed by atoms with Gasteiger partial charge < -0.3 is 10.1 Å². The number of ether oxygens (including phenoxy) is 1. The normalized spacial score (nSPS) is 13.0. The molecule has 0 heterocycles. The molecule has 1 aromatic rings. The van der Waals surface area contributed by atoms with Crippen LogP contribution in [0.15, 0.2) is 18.2 Å². The zero-order chi connectivity index (χ0) is 18.1. The van der Waals surface area contributed by atoms with Gasteiger partial charge in [0, 0.05) is 12.1 Å². The maximum atomic E-state index is 11.6. The number of hydrogen-bond acceptors (Lipinski definition) is 6. The summed E-state index contributed by atoms with van der Waals surface area (Å²) in [5.74, 6) is -0.375. The number of carbonyl (C=O) groups is 1. The van der Waals surface area contributed by atoms with Crippen molar-refractivity contribution in [1.29, 1.82) is 0 Å². The summed E-state index contributed by atoms with van der Waals surface area (Å²) in [6.07, 6.45) is 1.52. The van der Waals surface area contributed by atoms with E-state index in [1.807, 2.05) is 6.92 Å². The Labute approximate surface area is 142 Å². The molecule has 134 valence electrons. The summed E-state index contributed by atoms with van der Waals surface area (Å²) >= 11 is -2.32. The molecule has 2 atom stereocenters. The molecule has 0 aliphatic rings. The maximum Gasteiger partial charge on any atom is 0.307 e. The van der Waals surface area contributed by atoms with Crippen LogP contribution in [0.3, 0.4) is 0 Å². The SMILES string of the molecule is CCCC(CC(=O)OCC)Nc1ccc(NS(=O)O)cc1[N+](=O)[O-]. The van der Waals surface area contributed by atoms with Crippen LogP contribution in [0, 0.1) is 10.1 Å². The van der Waals surface area contributed by atoms with Crippen LogP contribution in [0.25, 0.3) is 0 Å². The number of anilines is 2. The third-order valence-electron chi connectivity index (χ3n) is 3.11. The minimum atomic E-state index is -2.32. The van der Waals surface area contributed by atoms with Crippen LogP contribution >= 0.6 is 0 Å². The lowest BCUT2D eigenvalue weighted by Crippen LogP contribution is -2.24. The number of nitro groups is 1. The first-order valence-corrected chi connectivity index (χ1v) is 8.56. The van der Waals surface area contributed by atoms with Gasteiger partial charge >= 0.3 is 5.97 Å². The van der Waals surface area contributed by atoms with Gasteiger partial charge in [-0.1, -0.05) is 13.3 Å². The Balaban J connectivity index is 2.98. The van der Waals surface area contributed by atoms with Crippen molar-refractivity contribution in [2.75, 3.05) is 16.6 Å². The molecule has 0 aromatic heterocycles. The second-order valence-corrected chi connectivity index (χ2v) is 5.68. The summed E-state index contributed by atoms with van der Waals surface area (Å²) in [5, 5.41) is 14.2. The van der Waals surface area contributed by atoms with Gasteiger partial charge in [0.25, 0.3) is 17.0 Å². The van der Waals surface area contributed by atoms with Gasteiger partial charge in [-0.25, -0.2) is 4.21 Å². The molecule has 0 radical (unpaired) electrons. The first kappa shape index (κ1) is 19.8. The Hall–Kier alpha value is -2.20. The second kappa shape index (κ2) is 9.83. The van der Waals surface area contributed by atoms with Crippen LogP contribution < -0.4 is 10.0 Å². The highest BCUT2D eigenvalue weighted by atomic mass is 32.2. The average Bonchev–Trinajstić information content (AvgIpc) is 2.48. The Morgan fingerprint density at radius 1 is 1.46 bits per heavy atom. The predicted octanol–water partition coefficient (Wildman–Crippen LogP) is 2.68. The molecular weight excluding hydrogens is 338 g/mol. The highest BCUT2D eigenvalue weighted by Gasteiger charge is 2.20. The zero-order valence-corrected chi connectivity index (χ0v) is 14.3. The number of hydrogen-bond donors (Lipinski definition) is 3. The van der Waals surface area contributed by atoms with Crippen LogP contribution in [0.1, 0.15) is 33.1 Å². The second-order valence-electron chi connectivity index (χ2n) is 4.98. The number of nitrogens with zero attached hydrogens (tertiary/aromatic N) is 1. The summed E-state index contributed by atoms with van der Waals surface area (Å²) < 4.78 is 26.6. The molecule has 0 saturated heterocycles. The Kier molecular flexibility index (Phi) is 8.13. The van der Waals surface area contributed by atoms with Crippen LogP contribution in [-0.4, -0.2) is 32.3 Å². The third kappa shape index (κ3) is 6.50.